The third-order valence-corrected chi connectivity index (χ3v) is 5.01. The molecule has 1 fully saturated rings. The van der Waals surface area contributed by atoms with Gasteiger partial charge in [0.1, 0.15) is 0 Å². The maximum absolute atomic E-state index is 12.1. The first kappa shape index (κ1) is 13.2. The fourth-order valence-electron chi connectivity index (χ4n) is 3.30. The second-order valence-electron chi connectivity index (χ2n) is 6.08. The molecule has 0 aromatic carbocycles. The second-order valence-corrected chi connectivity index (χ2v) is 6.74. The van der Waals surface area contributed by atoms with E-state index < -0.39 is 0 Å². The van der Waals surface area contributed by atoms with Crippen LogP contribution in [0, 0.1) is 5.92 Å². The lowest BCUT2D eigenvalue weighted by molar-refractivity contribution is 0.0766. The molecule has 2 aromatic rings. The third kappa shape index (κ3) is 2.65. The highest BCUT2D eigenvalue weighted by Crippen LogP contribution is 2.21. The highest BCUT2D eigenvalue weighted by atomic mass is 32.1. The van der Waals surface area contributed by atoms with Gasteiger partial charge in [-0.2, -0.15) is 5.10 Å². The van der Waals surface area contributed by atoms with E-state index in [1.54, 1.807) is 10.7 Å². The Morgan fingerprint density at radius 2 is 2.24 bits per heavy atom. The molecule has 0 N–H and O–H groups in total. The molecule has 0 saturated carbocycles. The number of likely N-dealkylation sites (tertiary alicyclic amines) is 1. The Kier molecular flexibility index (Phi) is 3.35. The van der Waals surface area contributed by atoms with Gasteiger partial charge in [0.2, 0.25) is 0 Å². The van der Waals surface area contributed by atoms with Crippen LogP contribution >= 0.6 is 11.5 Å². The number of hydrogen-bond donors (Lipinski definition) is 0. The maximum atomic E-state index is 12.1. The molecule has 0 radical (unpaired) electrons. The average molecular weight is 302 g/mol. The summed E-state index contributed by atoms with van der Waals surface area (Å²) in [6.45, 7) is 3.81. The van der Waals surface area contributed by atoms with Gasteiger partial charge < -0.3 is 0 Å². The van der Waals surface area contributed by atoms with Crippen molar-refractivity contribution in [2.24, 2.45) is 5.92 Å². The van der Waals surface area contributed by atoms with Crippen molar-refractivity contribution in [2.75, 3.05) is 13.1 Å². The summed E-state index contributed by atoms with van der Waals surface area (Å²) < 4.78 is 5.80. The van der Waals surface area contributed by atoms with Crippen LogP contribution < -0.4 is 5.56 Å². The molecule has 2 aromatic heterocycles. The highest BCUT2D eigenvalue weighted by Gasteiger charge is 2.28. The Morgan fingerprint density at radius 1 is 1.33 bits per heavy atom. The number of aryl methyl sites for hydroxylation is 2. The molecule has 6 heteroatoms. The van der Waals surface area contributed by atoms with Crippen LogP contribution in [0.3, 0.4) is 0 Å². The summed E-state index contributed by atoms with van der Waals surface area (Å²) in [6.07, 6.45) is 5.12. The summed E-state index contributed by atoms with van der Waals surface area (Å²) in [4.78, 5) is 14.5. The fourth-order valence-corrected chi connectivity index (χ4v) is 3.83. The Labute approximate surface area is 127 Å². The van der Waals surface area contributed by atoms with Gasteiger partial charge in [0.15, 0.2) is 0 Å². The van der Waals surface area contributed by atoms with Crippen LogP contribution in [-0.2, 0) is 25.9 Å². The van der Waals surface area contributed by atoms with E-state index >= 15 is 0 Å². The molecule has 110 valence electrons. The van der Waals surface area contributed by atoms with Crippen LogP contribution in [0.2, 0.25) is 0 Å². The first-order chi connectivity index (χ1) is 10.3. The smallest absolute Gasteiger partial charge is 0.267 e. The van der Waals surface area contributed by atoms with Crippen LogP contribution in [0.25, 0.3) is 0 Å². The maximum Gasteiger partial charge on any atom is 0.267 e. The van der Waals surface area contributed by atoms with Gasteiger partial charge in [0, 0.05) is 43.2 Å². The zero-order chi connectivity index (χ0) is 14.2. The largest absolute Gasteiger partial charge is 0.298 e. The van der Waals surface area contributed by atoms with Gasteiger partial charge >= 0.3 is 0 Å². The van der Waals surface area contributed by atoms with E-state index in [0.29, 0.717) is 5.92 Å². The van der Waals surface area contributed by atoms with Crippen molar-refractivity contribution in [3.8, 4) is 0 Å². The first-order valence-electron chi connectivity index (χ1n) is 7.48. The predicted molar refractivity (Wildman–Crippen MR) is 81.4 cm³/mol. The third-order valence-electron chi connectivity index (χ3n) is 4.38. The lowest BCUT2D eigenvalue weighted by Gasteiger charge is -2.39. The van der Waals surface area contributed by atoms with Gasteiger partial charge in [0.25, 0.3) is 5.56 Å². The van der Waals surface area contributed by atoms with Gasteiger partial charge in [-0.3, -0.25) is 9.69 Å². The Bertz CT molecular complexity index is 688. The quantitative estimate of drug-likeness (QED) is 0.855. The number of nitrogens with zero attached hydrogens (tertiary/aromatic N) is 4. The molecular weight excluding hydrogens is 284 g/mol. The van der Waals surface area contributed by atoms with Gasteiger partial charge in [0.05, 0.1) is 12.2 Å². The molecule has 0 amide bonds. The van der Waals surface area contributed by atoms with E-state index in [4.69, 9.17) is 0 Å². The summed E-state index contributed by atoms with van der Waals surface area (Å²) in [5.41, 5.74) is 3.65. The van der Waals surface area contributed by atoms with Gasteiger partial charge in [-0.25, -0.2) is 9.06 Å². The Hall–Kier alpha value is -1.53. The lowest BCUT2D eigenvalue weighted by atomic mass is 10.00. The average Bonchev–Trinajstić information content (AvgIpc) is 3.07. The monoisotopic (exact) mass is 302 g/mol. The van der Waals surface area contributed by atoms with Gasteiger partial charge in [-0.15, -0.1) is 0 Å². The molecule has 0 atom stereocenters. The van der Waals surface area contributed by atoms with Crippen molar-refractivity contribution < 1.29 is 0 Å². The molecule has 1 saturated heterocycles. The zero-order valence-electron chi connectivity index (χ0n) is 11.9. The van der Waals surface area contributed by atoms with Gasteiger partial charge in [-0.05, 0) is 41.9 Å². The van der Waals surface area contributed by atoms with Crippen molar-refractivity contribution in [3.63, 3.8) is 0 Å². The predicted octanol–water partition coefficient (Wildman–Crippen LogP) is 1.32. The Morgan fingerprint density at radius 3 is 3.05 bits per heavy atom. The fraction of sp³-hybridized carbons (Fsp3) is 0.533. The summed E-state index contributed by atoms with van der Waals surface area (Å²) in [7, 11) is 0. The van der Waals surface area contributed by atoms with E-state index in [0.717, 1.165) is 56.7 Å². The van der Waals surface area contributed by atoms with Crippen LogP contribution in [0.4, 0.5) is 0 Å². The van der Waals surface area contributed by atoms with E-state index in [1.165, 1.54) is 17.1 Å². The van der Waals surface area contributed by atoms with Crippen molar-refractivity contribution in [1.29, 1.82) is 0 Å². The number of rotatable bonds is 4. The minimum absolute atomic E-state index is 0.0659. The van der Waals surface area contributed by atoms with Crippen molar-refractivity contribution in [2.45, 2.75) is 32.4 Å². The minimum Gasteiger partial charge on any atom is -0.298 e. The molecule has 2 aliphatic rings. The minimum atomic E-state index is 0.0659. The van der Waals surface area contributed by atoms with Crippen molar-refractivity contribution in [3.05, 3.63) is 44.8 Å². The molecule has 4 rings (SSSR count). The molecule has 0 unspecified atom stereocenters. The number of aromatic nitrogens is 3. The molecule has 5 nitrogen and oxygen atoms in total. The van der Waals surface area contributed by atoms with E-state index in [2.05, 4.69) is 19.8 Å². The van der Waals surface area contributed by atoms with E-state index in [9.17, 15) is 4.79 Å². The van der Waals surface area contributed by atoms with Crippen molar-refractivity contribution >= 4 is 11.5 Å². The number of hydrogen-bond acceptors (Lipinski definition) is 5. The molecule has 1 aliphatic carbocycles. The zero-order valence-corrected chi connectivity index (χ0v) is 12.7. The molecule has 0 spiro atoms. The SMILES string of the molecule is O=c1cc2c(nn1CC1CN(Cc3cnsc3)C1)CCC2. The Balaban J connectivity index is 1.37. The van der Waals surface area contributed by atoms with Crippen molar-refractivity contribution in [1.82, 2.24) is 19.1 Å². The summed E-state index contributed by atoms with van der Waals surface area (Å²) in [6, 6.07) is 1.79. The standard InChI is InChI=1S/C15H18N4OS/c20-15-4-13-2-1-3-14(13)17-19(15)9-12-7-18(8-12)6-11-5-16-21-10-11/h4-5,10,12H,1-3,6-9H2. The van der Waals surface area contributed by atoms with Crippen LogP contribution in [0.5, 0.6) is 0 Å². The molecule has 0 bridgehead atoms. The molecule has 3 heterocycles. The topological polar surface area (TPSA) is 51.0 Å². The summed E-state index contributed by atoms with van der Waals surface area (Å²) in [5.74, 6) is 0.543. The van der Waals surface area contributed by atoms with Crippen LogP contribution in [0.15, 0.2) is 22.4 Å². The van der Waals surface area contributed by atoms with E-state index in [1.807, 2.05) is 6.20 Å². The number of fused-ring (bicyclic) bond motifs is 1. The summed E-state index contributed by atoms with van der Waals surface area (Å²) in [5, 5.41) is 6.65. The van der Waals surface area contributed by atoms with Crippen LogP contribution in [-0.4, -0.2) is 32.1 Å². The normalized spacial score (nSPS) is 18.7. The molecule has 1 aliphatic heterocycles. The first-order valence-corrected chi connectivity index (χ1v) is 8.32. The van der Waals surface area contributed by atoms with Gasteiger partial charge in [-0.1, -0.05) is 0 Å². The second kappa shape index (κ2) is 5.35. The lowest BCUT2D eigenvalue weighted by Crippen LogP contribution is -2.48. The molecule has 21 heavy (non-hydrogen) atoms. The highest BCUT2D eigenvalue weighted by molar-refractivity contribution is 7.03. The summed E-state index contributed by atoms with van der Waals surface area (Å²) >= 11 is 1.50. The van der Waals surface area contributed by atoms with Crippen LogP contribution in [0.1, 0.15) is 23.2 Å². The molecular formula is C15H18N4OS. The van der Waals surface area contributed by atoms with E-state index in [-0.39, 0.29) is 5.56 Å².